The Morgan fingerprint density at radius 2 is 1.68 bits per heavy atom. The Bertz CT molecular complexity index is 730. The molecule has 2 aliphatic heterocycles. The lowest BCUT2D eigenvalue weighted by atomic mass is 10.1. The zero-order chi connectivity index (χ0) is 14.9. The van der Waals surface area contributed by atoms with Crippen molar-refractivity contribution in [1.29, 1.82) is 0 Å². The summed E-state index contributed by atoms with van der Waals surface area (Å²) in [7, 11) is 0. The van der Waals surface area contributed by atoms with E-state index in [9.17, 15) is 0 Å². The van der Waals surface area contributed by atoms with Gasteiger partial charge in [-0.15, -0.1) is 16.9 Å². The van der Waals surface area contributed by atoms with E-state index in [0.29, 0.717) is 11.9 Å². The van der Waals surface area contributed by atoms with Crippen molar-refractivity contribution in [3.05, 3.63) is 71.8 Å². The number of thioether (sulfide) groups is 1. The van der Waals surface area contributed by atoms with Crippen LogP contribution < -0.4 is 0 Å². The Kier molecular flexibility index (Phi) is 3.35. The summed E-state index contributed by atoms with van der Waals surface area (Å²) in [5, 5.41) is 6.64. The topological polar surface area (TPSA) is 37.2 Å². The molecule has 0 amide bonds. The van der Waals surface area contributed by atoms with E-state index in [2.05, 4.69) is 23.5 Å². The predicted octanol–water partition coefficient (Wildman–Crippen LogP) is 3.48. The first kappa shape index (κ1) is 13.4. The fraction of sp³-hybridized carbons (Fsp3) is 0.176. The quantitative estimate of drug-likeness (QED) is 0.871. The summed E-state index contributed by atoms with van der Waals surface area (Å²) < 4.78 is 5.87. The zero-order valence-electron chi connectivity index (χ0n) is 12.1. The van der Waals surface area contributed by atoms with Crippen LogP contribution in [0, 0.1) is 0 Å². The van der Waals surface area contributed by atoms with Gasteiger partial charge in [0.2, 0.25) is 5.90 Å². The summed E-state index contributed by atoms with van der Waals surface area (Å²) in [4.78, 5) is 4.73. The van der Waals surface area contributed by atoms with E-state index >= 15 is 0 Å². The molecule has 4 nitrogen and oxygen atoms in total. The number of amidine groups is 1. The van der Waals surface area contributed by atoms with Gasteiger partial charge < -0.3 is 4.74 Å². The van der Waals surface area contributed by atoms with Gasteiger partial charge in [-0.1, -0.05) is 48.5 Å². The van der Waals surface area contributed by atoms with Crippen LogP contribution in [0.2, 0.25) is 0 Å². The van der Waals surface area contributed by atoms with Crippen molar-refractivity contribution in [1.82, 2.24) is 5.01 Å². The Morgan fingerprint density at radius 1 is 1.00 bits per heavy atom. The lowest BCUT2D eigenvalue weighted by Gasteiger charge is -2.20. The zero-order valence-corrected chi connectivity index (χ0v) is 12.9. The minimum atomic E-state index is 0.0484. The summed E-state index contributed by atoms with van der Waals surface area (Å²) in [6.45, 7) is 0. The molecule has 2 aromatic carbocycles. The fourth-order valence-corrected chi connectivity index (χ4v) is 3.49. The molecule has 0 N–H and O–H groups in total. The molecule has 5 heteroatoms. The molecular weight excluding hydrogens is 294 g/mol. The maximum atomic E-state index is 5.87. The third-order valence-corrected chi connectivity index (χ3v) is 4.69. The molecule has 0 aliphatic carbocycles. The largest absolute Gasteiger partial charge is 0.403 e. The third kappa shape index (κ3) is 2.18. The van der Waals surface area contributed by atoms with Crippen molar-refractivity contribution < 1.29 is 4.74 Å². The molecule has 0 radical (unpaired) electrons. The standard InChI is InChI=1S/C17H15N3OS/c1-22-16-14(12-8-4-2-5-9-12)18-17-20(16)19-15(21-17)13-10-6-3-7-11-13/h2-11,14,16H,1H3/t14-,16+/m1/s1. The Morgan fingerprint density at radius 3 is 2.36 bits per heavy atom. The van der Waals surface area contributed by atoms with Crippen LogP contribution in [0.1, 0.15) is 17.2 Å². The van der Waals surface area contributed by atoms with Crippen LogP contribution in [0.3, 0.4) is 0 Å². The van der Waals surface area contributed by atoms with Gasteiger partial charge in [-0.05, 0) is 24.0 Å². The summed E-state index contributed by atoms with van der Waals surface area (Å²) in [5.41, 5.74) is 2.15. The second kappa shape index (κ2) is 5.50. The molecule has 0 fully saturated rings. The van der Waals surface area contributed by atoms with Crippen molar-refractivity contribution in [2.45, 2.75) is 11.4 Å². The molecule has 2 aliphatic rings. The average Bonchev–Trinajstić information content (AvgIpc) is 3.14. The van der Waals surface area contributed by atoms with Crippen LogP contribution in [-0.2, 0) is 4.74 Å². The van der Waals surface area contributed by atoms with Crippen molar-refractivity contribution in [2.24, 2.45) is 10.1 Å². The van der Waals surface area contributed by atoms with Crippen molar-refractivity contribution in [2.75, 3.05) is 6.26 Å². The molecule has 2 aromatic rings. The molecule has 0 saturated heterocycles. The highest BCUT2D eigenvalue weighted by atomic mass is 32.2. The molecule has 0 unspecified atom stereocenters. The van der Waals surface area contributed by atoms with E-state index in [1.54, 1.807) is 11.8 Å². The number of hydrogen-bond acceptors (Lipinski definition) is 5. The number of nitrogens with zero attached hydrogens (tertiary/aromatic N) is 3. The molecule has 22 heavy (non-hydrogen) atoms. The molecule has 4 rings (SSSR count). The third-order valence-electron chi connectivity index (χ3n) is 3.75. The lowest BCUT2D eigenvalue weighted by Crippen LogP contribution is -2.27. The number of fused-ring (bicyclic) bond motifs is 1. The lowest BCUT2D eigenvalue weighted by molar-refractivity contribution is 0.400. The van der Waals surface area contributed by atoms with Crippen LogP contribution in [0.4, 0.5) is 0 Å². The summed E-state index contributed by atoms with van der Waals surface area (Å²) >= 11 is 1.73. The number of ether oxygens (including phenoxy) is 1. The Balaban J connectivity index is 1.64. The Labute approximate surface area is 133 Å². The molecule has 0 aromatic heterocycles. The van der Waals surface area contributed by atoms with Crippen LogP contribution >= 0.6 is 11.8 Å². The number of hydrazone groups is 1. The SMILES string of the molecule is CS[C@H]1[C@@H](c2ccccc2)N=C2OC(c3ccccc3)=NN21. The van der Waals surface area contributed by atoms with E-state index in [1.807, 2.05) is 53.5 Å². The van der Waals surface area contributed by atoms with Crippen LogP contribution in [0.5, 0.6) is 0 Å². The van der Waals surface area contributed by atoms with E-state index < -0.39 is 0 Å². The van der Waals surface area contributed by atoms with Crippen LogP contribution in [-0.4, -0.2) is 28.6 Å². The van der Waals surface area contributed by atoms with Crippen LogP contribution in [0.15, 0.2) is 70.8 Å². The number of hydrogen-bond donors (Lipinski definition) is 0. The Hall–Kier alpha value is -2.27. The first-order valence-corrected chi connectivity index (χ1v) is 8.42. The van der Waals surface area contributed by atoms with Gasteiger partial charge in [-0.25, -0.2) is 4.99 Å². The molecule has 110 valence electrons. The van der Waals surface area contributed by atoms with Gasteiger partial charge in [0, 0.05) is 5.56 Å². The molecule has 0 spiro atoms. The minimum absolute atomic E-state index is 0.0484. The van der Waals surface area contributed by atoms with Gasteiger partial charge in [0.05, 0.1) is 0 Å². The van der Waals surface area contributed by atoms with Gasteiger partial charge in [-0.2, -0.15) is 5.01 Å². The average molecular weight is 309 g/mol. The van der Waals surface area contributed by atoms with Gasteiger partial charge in [0.25, 0.3) is 0 Å². The number of rotatable bonds is 3. The molecule has 2 heterocycles. The van der Waals surface area contributed by atoms with E-state index in [1.165, 1.54) is 5.56 Å². The second-order valence-corrected chi connectivity index (χ2v) is 6.07. The molecule has 0 saturated carbocycles. The highest BCUT2D eigenvalue weighted by Gasteiger charge is 2.42. The molecule has 0 bridgehead atoms. The van der Waals surface area contributed by atoms with Gasteiger partial charge in [-0.3, -0.25) is 0 Å². The predicted molar refractivity (Wildman–Crippen MR) is 89.8 cm³/mol. The van der Waals surface area contributed by atoms with E-state index in [0.717, 1.165) is 5.56 Å². The first-order chi connectivity index (χ1) is 10.9. The number of aliphatic imine (C=N–C) groups is 1. The maximum absolute atomic E-state index is 5.87. The summed E-state index contributed by atoms with van der Waals surface area (Å²) in [6, 6.07) is 20.8. The van der Waals surface area contributed by atoms with E-state index in [4.69, 9.17) is 9.73 Å². The molecule has 2 atom stereocenters. The van der Waals surface area contributed by atoms with Crippen LogP contribution in [0.25, 0.3) is 0 Å². The van der Waals surface area contributed by atoms with Crippen molar-refractivity contribution in [3.63, 3.8) is 0 Å². The molecular formula is C17H15N3OS. The van der Waals surface area contributed by atoms with Gasteiger partial charge in [0.1, 0.15) is 11.4 Å². The fourth-order valence-electron chi connectivity index (χ4n) is 2.68. The summed E-state index contributed by atoms with van der Waals surface area (Å²) in [6.07, 6.45) is 2.08. The monoisotopic (exact) mass is 309 g/mol. The van der Waals surface area contributed by atoms with Crippen molar-refractivity contribution >= 4 is 23.7 Å². The smallest absolute Gasteiger partial charge is 0.317 e. The summed E-state index contributed by atoms with van der Waals surface area (Å²) in [5.74, 6) is 0.616. The highest BCUT2D eigenvalue weighted by molar-refractivity contribution is 7.99. The minimum Gasteiger partial charge on any atom is -0.403 e. The van der Waals surface area contributed by atoms with Crippen molar-refractivity contribution in [3.8, 4) is 0 Å². The van der Waals surface area contributed by atoms with Gasteiger partial charge >= 0.3 is 6.02 Å². The normalized spacial score (nSPS) is 22.9. The van der Waals surface area contributed by atoms with E-state index in [-0.39, 0.29) is 11.4 Å². The highest BCUT2D eigenvalue weighted by Crippen LogP contribution is 2.39. The van der Waals surface area contributed by atoms with Gasteiger partial charge in [0.15, 0.2) is 0 Å². The number of benzene rings is 2. The first-order valence-electron chi connectivity index (χ1n) is 7.13. The second-order valence-electron chi connectivity index (χ2n) is 5.11. The maximum Gasteiger partial charge on any atom is 0.317 e.